The summed E-state index contributed by atoms with van der Waals surface area (Å²) in [7, 11) is 0. The van der Waals surface area contributed by atoms with Crippen LogP contribution in [0.15, 0.2) is 59.5 Å². The van der Waals surface area contributed by atoms with Crippen molar-refractivity contribution in [3.63, 3.8) is 0 Å². The van der Waals surface area contributed by atoms with E-state index in [4.69, 9.17) is 11.6 Å². The van der Waals surface area contributed by atoms with Crippen LogP contribution in [0.25, 0.3) is 0 Å². The molecule has 0 aliphatic heterocycles. The quantitative estimate of drug-likeness (QED) is 0.394. The summed E-state index contributed by atoms with van der Waals surface area (Å²) in [5.74, 6) is 0.148. The van der Waals surface area contributed by atoms with Crippen LogP contribution in [0.2, 0.25) is 5.02 Å². The molecule has 0 aliphatic rings. The van der Waals surface area contributed by atoms with Crippen molar-refractivity contribution in [3.8, 4) is 0 Å². The van der Waals surface area contributed by atoms with Crippen molar-refractivity contribution >= 4 is 35.2 Å². The van der Waals surface area contributed by atoms with Crippen LogP contribution in [0, 0.1) is 0 Å². The van der Waals surface area contributed by atoms with E-state index in [1.807, 2.05) is 49.4 Å². The van der Waals surface area contributed by atoms with E-state index in [0.717, 1.165) is 23.3 Å². The fraction of sp³-hybridized carbons (Fsp3) is 0.391. The highest BCUT2D eigenvalue weighted by atomic mass is 35.5. The Hall–Kier alpha value is -1.98. The van der Waals surface area contributed by atoms with Crippen LogP contribution in [-0.4, -0.2) is 35.1 Å². The van der Waals surface area contributed by atoms with Crippen LogP contribution in [0.5, 0.6) is 0 Å². The standard InChI is InChI=1S/C23H29ClN2O2S/c1-3-5-15-25-23(28)21(4-2)26(16-18-11-13-19(24)14-12-18)22(27)17-29-20-9-7-6-8-10-20/h6-14,21H,3-5,15-17H2,1-2H3,(H,25,28). The molecule has 0 aliphatic carbocycles. The van der Waals surface area contributed by atoms with Gasteiger partial charge < -0.3 is 10.2 Å². The number of nitrogens with one attached hydrogen (secondary N) is 1. The van der Waals surface area contributed by atoms with Crippen LogP contribution in [0.1, 0.15) is 38.7 Å². The van der Waals surface area contributed by atoms with Gasteiger partial charge in [-0.3, -0.25) is 9.59 Å². The molecule has 2 aromatic rings. The summed E-state index contributed by atoms with van der Waals surface area (Å²) in [5, 5.41) is 3.63. The summed E-state index contributed by atoms with van der Waals surface area (Å²) < 4.78 is 0. The van der Waals surface area contributed by atoms with Crippen molar-refractivity contribution in [2.24, 2.45) is 0 Å². The van der Waals surface area contributed by atoms with Gasteiger partial charge in [0.15, 0.2) is 0 Å². The minimum atomic E-state index is -0.494. The fourth-order valence-corrected chi connectivity index (χ4v) is 3.89. The largest absolute Gasteiger partial charge is 0.354 e. The molecule has 4 nitrogen and oxygen atoms in total. The Balaban J connectivity index is 2.14. The SMILES string of the molecule is CCCCNC(=O)C(CC)N(Cc1ccc(Cl)cc1)C(=O)CSc1ccccc1. The van der Waals surface area contributed by atoms with Gasteiger partial charge in [-0.25, -0.2) is 0 Å². The van der Waals surface area contributed by atoms with Crippen LogP contribution in [-0.2, 0) is 16.1 Å². The maximum Gasteiger partial charge on any atom is 0.242 e. The number of halogens is 1. The van der Waals surface area contributed by atoms with Gasteiger partial charge in [-0.1, -0.05) is 62.2 Å². The second-order valence-corrected chi connectivity index (χ2v) is 8.30. The van der Waals surface area contributed by atoms with E-state index in [9.17, 15) is 9.59 Å². The summed E-state index contributed by atoms with van der Waals surface area (Å²) in [5.41, 5.74) is 0.951. The molecular weight excluding hydrogens is 404 g/mol. The molecule has 0 radical (unpaired) electrons. The number of benzene rings is 2. The number of unbranched alkanes of at least 4 members (excludes halogenated alkanes) is 1. The second kappa shape index (κ2) is 12.6. The van der Waals surface area contributed by atoms with Crippen molar-refractivity contribution < 1.29 is 9.59 Å². The molecule has 2 amide bonds. The molecule has 1 unspecified atom stereocenters. The number of hydrogen-bond acceptors (Lipinski definition) is 3. The van der Waals surface area contributed by atoms with E-state index in [2.05, 4.69) is 12.2 Å². The Kier molecular flexibility index (Phi) is 10.1. The highest BCUT2D eigenvalue weighted by Gasteiger charge is 2.28. The molecule has 0 heterocycles. The Morgan fingerprint density at radius 2 is 1.76 bits per heavy atom. The molecule has 0 bridgehead atoms. The summed E-state index contributed by atoms with van der Waals surface area (Å²) in [6.07, 6.45) is 2.50. The Labute approximate surface area is 183 Å². The second-order valence-electron chi connectivity index (χ2n) is 6.82. The van der Waals surface area contributed by atoms with Crippen LogP contribution in [0.3, 0.4) is 0 Å². The zero-order valence-electron chi connectivity index (χ0n) is 17.1. The first-order valence-electron chi connectivity index (χ1n) is 10.0. The number of nitrogens with zero attached hydrogens (tertiary/aromatic N) is 1. The molecule has 0 saturated carbocycles. The number of carbonyl (C=O) groups excluding carboxylic acids is 2. The fourth-order valence-electron chi connectivity index (χ4n) is 2.96. The molecular formula is C23H29ClN2O2S. The zero-order valence-corrected chi connectivity index (χ0v) is 18.6. The van der Waals surface area contributed by atoms with Crippen LogP contribution in [0.4, 0.5) is 0 Å². The lowest BCUT2D eigenvalue weighted by molar-refractivity contribution is -0.139. The monoisotopic (exact) mass is 432 g/mol. The summed E-state index contributed by atoms with van der Waals surface area (Å²) in [6.45, 7) is 5.04. The molecule has 0 fully saturated rings. The number of carbonyl (C=O) groups is 2. The average Bonchev–Trinajstić information content (AvgIpc) is 2.74. The number of rotatable bonds is 11. The Morgan fingerprint density at radius 3 is 2.38 bits per heavy atom. The number of thioether (sulfide) groups is 1. The maximum absolute atomic E-state index is 13.1. The lowest BCUT2D eigenvalue weighted by atomic mass is 10.1. The molecule has 2 rings (SSSR count). The van der Waals surface area contributed by atoms with Crippen molar-refractivity contribution in [1.29, 1.82) is 0 Å². The van der Waals surface area contributed by atoms with Crippen molar-refractivity contribution in [1.82, 2.24) is 10.2 Å². The van der Waals surface area contributed by atoms with E-state index in [1.54, 1.807) is 17.0 Å². The third-order valence-electron chi connectivity index (χ3n) is 4.59. The average molecular weight is 433 g/mol. The molecule has 1 N–H and O–H groups in total. The summed E-state index contributed by atoms with van der Waals surface area (Å²) in [4.78, 5) is 28.6. The summed E-state index contributed by atoms with van der Waals surface area (Å²) >= 11 is 7.48. The van der Waals surface area contributed by atoms with Gasteiger partial charge in [-0.05, 0) is 42.7 Å². The highest BCUT2D eigenvalue weighted by Crippen LogP contribution is 2.20. The van der Waals surface area contributed by atoms with Crippen molar-refractivity contribution in [2.75, 3.05) is 12.3 Å². The molecule has 29 heavy (non-hydrogen) atoms. The van der Waals surface area contributed by atoms with Gasteiger partial charge in [0, 0.05) is 23.0 Å². The minimum absolute atomic E-state index is 0.0497. The van der Waals surface area contributed by atoms with E-state index in [1.165, 1.54) is 11.8 Å². The van der Waals surface area contributed by atoms with Gasteiger partial charge in [0.1, 0.15) is 6.04 Å². The Bertz CT molecular complexity index is 768. The first kappa shape index (κ1) is 23.3. The first-order chi connectivity index (χ1) is 14.0. The van der Waals surface area contributed by atoms with Gasteiger partial charge in [0.25, 0.3) is 0 Å². The normalized spacial score (nSPS) is 11.7. The third-order valence-corrected chi connectivity index (χ3v) is 5.84. The predicted octanol–water partition coefficient (Wildman–Crippen LogP) is 5.16. The molecule has 0 aromatic heterocycles. The third kappa shape index (κ3) is 7.75. The molecule has 1 atom stereocenters. The van der Waals surface area contributed by atoms with Gasteiger partial charge >= 0.3 is 0 Å². The minimum Gasteiger partial charge on any atom is -0.354 e. The molecule has 156 valence electrons. The van der Waals surface area contributed by atoms with Crippen molar-refractivity contribution in [3.05, 3.63) is 65.2 Å². The molecule has 0 spiro atoms. The maximum atomic E-state index is 13.1. The first-order valence-corrected chi connectivity index (χ1v) is 11.4. The van der Waals surface area contributed by atoms with Gasteiger partial charge in [0.05, 0.1) is 5.75 Å². The highest BCUT2D eigenvalue weighted by molar-refractivity contribution is 8.00. The zero-order chi connectivity index (χ0) is 21.1. The predicted molar refractivity (Wildman–Crippen MR) is 121 cm³/mol. The smallest absolute Gasteiger partial charge is 0.242 e. The molecule has 0 saturated heterocycles. The number of hydrogen-bond donors (Lipinski definition) is 1. The van der Waals surface area contributed by atoms with Gasteiger partial charge in [-0.15, -0.1) is 11.8 Å². The lowest BCUT2D eigenvalue weighted by Gasteiger charge is -2.30. The van der Waals surface area contributed by atoms with E-state index < -0.39 is 6.04 Å². The van der Waals surface area contributed by atoms with Crippen LogP contribution >= 0.6 is 23.4 Å². The summed E-state index contributed by atoms with van der Waals surface area (Å²) in [6, 6.07) is 16.7. The lowest BCUT2D eigenvalue weighted by Crippen LogP contribution is -2.49. The van der Waals surface area contributed by atoms with E-state index in [0.29, 0.717) is 24.5 Å². The van der Waals surface area contributed by atoms with Crippen LogP contribution < -0.4 is 5.32 Å². The van der Waals surface area contributed by atoms with E-state index in [-0.39, 0.29) is 17.6 Å². The van der Waals surface area contributed by atoms with Gasteiger partial charge in [-0.2, -0.15) is 0 Å². The van der Waals surface area contributed by atoms with Crippen molar-refractivity contribution in [2.45, 2.75) is 50.6 Å². The Morgan fingerprint density at radius 1 is 1.07 bits per heavy atom. The molecule has 2 aromatic carbocycles. The van der Waals surface area contributed by atoms with Gasteiger partial charge in [0.2, 0.25) is 11.8 Å². The number of amides is 2. The topological polar surface area (TPSA) is 49.4 Å². The molecule has 6 heteroatoms. The van der Waals surface area contributed by atoms with E-state index >= 15 is 0 Å².